The van der Waals surface area contributed by atoms with Crippen LogP contribution in [0.4, 0.5) is 4.79 Å². The highest BCUT2D eigenvalue weighted by Crippen LogP contribution is 2.13. The van der Waals surface area contributed by atoms with E-state index in [4.69, 9.17) is 0 Å². The Labute approximate surface area is 96.6 Å². The van der Waals surface area contributed by atoms with Crippen molar-refractivity contribution in [2.24, 2.45) is 0 Å². The van der Waals surface area contributed by atoms with E-state index >= 15 is 0 Å². The lowest BCUT2D eigenvalue weighted by Crippen LogP contribution is -2.19. The summed E-state index contributed by atoms with van der Waals surface area (Å²) in [4.78, 5) is 12.0. The number of tetrazole rings is 1. The van der Waals surface area contributed by atoms with Crippen LogP contribution < -0.4 is 0 Å². The van der Waals surface area contributed by atoms with Gasteiger partial charge < -0.3 is 9.64 Å². The Kier molecular flexibility index (Phi) is 4.99. The van der Waals surface area contributed by atoms with Crippen LogP contribution in [-0.4, -0.2) is 57.8 Å². The van der Waals surface area contributed by atoms with Crippen LogP contribution in [0.1, 0.15) is 0 Å². The molecule has 16 heavy (non-hydrogen) atoms. The van der Waals surface area contributed by atoms with Crippen molar-refractivity contribution in [2.75, 3.05) is 26.6 Å². The van der Waals surface area contributed by atoms with Crippen molar-refractivity contribution in [3.8, 4) is 0 Å². The van der Waals surface area contributed by atoms with Crippen LogP contribution in [0.3, 0.4) is 0 Å². The molecule has 9 heteroatoms. The lowest BCUT2D eigenvalue weighted by molar-refractivity contribution is 0.0830. The maximum atomic E-state index is 10.0. The monoisotopic (exact) mass is 246 g/mol. The van der Waals surface area contributed by atoms with E-state index in [1.54, 1.807) is 4.68 Å². The molecular weight excluding hydrogens is 234 g/mol. The summed E-state index contributed by atoms with van der Waals surface area (Å²) < 4.78 is 5.83. The lowest BCUT2D eigenvalue weighted by atomic mass is 10.6. The molecule has 0 aliphatic heterocycles. The molecule has 1 rings (SSSR count). The molecule has 0 aliphatic carbocycles. The van der Waals surface area contributed by atoms with Gasteiger partial charge in [0.05, 0.1) is 6.54 Å². The van der Waals surface area contributed by atoms with Crippen LogP contribution in [0.15, 0.2) is 5.16 Å². The first-order valence-corrected chi connectivity index (χ1v) is 5.45. The molecule has 0 N–H and O–H groups in total. The van der Waals surface area contributed by atoms with E-state index in [0.717, 1.165) is 18.3 Å². The minimum atomic E-state index is -1.56. The number of carbonyl (C=O) groups excluding carboxylic acids is 1. The van der Waals surface area contributed by atoms with Gasteiger partial charge in [0.2, 0.25) is 5.16 Å². The molecule has 1 radical (unpaired) electrons. The van der Waals surface area contributed by atoms with E-state index in [0.29, 0.717) is 11.7 Å². The number of carbonyl (C=O) groups is 1. The van der Waals surface area contributed by atoms with Gasteiger partial charge in [0, 0.05) is 6.54 Å². The third-order valence-electron chi connectivity index (χ3n) is 1.62. The quantitative estimate of drug-likeness (QED) is 0.391. The normalized spacial score (nSPS) is 10.7. The van der Waals surface area contributed by atoms with Gasteiger partial charge in [0.25, 0.3) is 0 Å². The van der Waals surface area contributed by atoms with Gasteiger partial charge in [-0.3, -0.25) is 0 Å². The van der Waals surface area contributed by atoms with Gasteiger partial charge in [0.1, 0.15) is 5.94 Å². The molecule has 0 unspecified atom stereocenters. The van der Waals surface area contributed by atoms with Crippen molar-refractivity contribution in [3.05, 3.63) is 0 Å². The van der Waals surface area contributed by atoms with Crippen LogP contribution in [0.5, 0.6) is 0 Å². The average molecular weight is 246 g/mol. The number of likely N-dealkylation sites (N-methyl/N-ethyl adjacent to an activating group) is 1. The smallest absolute Gasteiger partial charge is 0.420 e. The Bertz CT molecular complexity index is 343. The van der Waals surface area contributed by atoms with Gasteiger partial charge in [0.15, 0.2) is 0 Å². The van der Waals surface area contributed by atoms with Gasteiger partial charge in [-0.2, -0.15) is 9.90 Å². The zero-order valence-electron chi connectivity index (χ0n) is 8.99. The Morgan fingerprint density at radius 2 is 2.31 bits per heavy atom. The highest BCUT2D eigenvalue weighted by atomic mass is 32.2. The molecule has 0 spiro atoms. The minimum absolute atomic E-state index is 0.0787. The van der Waals surface area contributed by atoms with Crippen LogP contribution in [0.25, 0.3) is 0 Å². The number of nitrogens with zero attached hydrogens (tertiary/aromatic N) is 5. The van der Waals surface area contributed by atoms with E-state index in [2.05, 4.69) is 20.3 Å². The third kappa shape index (κ3) is 4.45. The number of ether oxygens (including phenoxy) is 1. The summed E-state index contributed by atoms with van der Waals surface area (Å²) in [6.07, 6.45) is -1.56. The van der Waals surface area contributed by atoms with E-state index in [1.807, 2.05) is 19.0 Å². The summed E-state index contributed by atoms with van der Waals surface area (Å²) in [6.45, 7) is 1.42. The fraction of sp³-hybridized carbons (Fsp3) is 0.714. The van der Waals surface area contributed by atoms with Crippen molar-refractivity contribution in [1.82, 2.24) is 25.1 Å². The maximum Gasteiger partial charge on any atom is 0.550 e. The summed E-state index contributed by atoms with van der Waals surface area (Å²) in [5.41, 5.74) is 0. The predicted molar refractivity (Wildman–Crippen MR) is 54.3 cm³/mol. The maximum absolute atomic E-state index is 10.0. The molecule has 0 fully saturated rings. The van der Waals surface area contributed by atoms with Crippen molar-refractivity contribution < 1.29 is 14.6 Å². The van der Waals surface area contributed by atoms with Gasteiger partial charge in [-0.15, -0.1) is 5.10 Å². The highest BCUT2D eigenvalue weighted by molar-refractivity contribution is 7.99. The lowest BCUT2D eigenvalue weighted by Gasteiger charge is -2.09. The molecule has 8 nitrogen and oxygen atoms in total. The molecule has 0 aliphatic rings. The van der Waals surface area contributed by atoms with Crippen LogP contribution in [0, 0.1) is 0 Å². The Hall–Kier alpha value is -1.35. The molecule has 1 heterocycles. The SMILES string of the molecule is CN(C)CCn1nnnc1SCOC([O])=O. The third-order valence-corrected chi connectivity index (χ3v) is 2.41. The fourth-order valence-electron chi connectivity index (χ4n) is 0.865. The summed E-state index contributed by atoms with van der Waals surface area (Å²) in [7, 11) is 3.88. The number of rotatable bonds is 6. The zero-order chi connectivity index (χ0) is 12.0. The molecule has 0 amide bonds. The van der Waals surface area contributed by atoms with Gasteiger partial charge in [-0.05, 0) is 36.3 Å². The minimum Gasteiger partial charge on any atom is -0.420 e. The number of hydrogen-bond acceptors (Lipinski definition) is 7. The van der Waals surface area contributed by atoms with E-state index < -0.39 is 6.16 Å². The molecule has 0 bridgehead atoms. The molecule has 0 saturated carbocycles. The average Bonchev–Trinajstić information content (AvgIpc) is 2.62. The van der Waals surface area contributed by atoms with E-state index in [9.17, 15) is 9.90 Å². The summed E-state index contributed by atoms with van der Waals surface area (Å²) in [6, 6.07) is 0. The standard InChI is InChI=1S/C7H12N5O3S/c1-11(2)3-4-12-6(8-9-10-12)16-5-15-7(13)14/h3-5H2,1-2H3. The number of hydrogen-bond donors (Lipinski definition) is 0. The number of aromatic nitrogens is 4. The molecule has 0 aromatic carbocycles. The second kappa shape index (κ2) is 6.28. The second-order valence-corrected chi connectivity index (χ2v) is 4.03. The molecule has 1 aromatic rings. The molecule has 0 atom stereocenters. The van der Waals surface area contributed by atoms with Crippen LogP contribution in [0.2, 0.25) is 0 Å². The van der Waals surface area contributed by atoms with Crippen molar-refractivity contribution in [3.63, 3.8) is 0 Å². The van der Waals surface area contributed by atoms with Crippen molar-refractivity contribution >= 4 is 17.9 Å². The van der Waals surface area contributed by atoms with Gasteiger partial charge >= 0.3 is 6.16 Å². The summed E-state index contributed by atoms with van der Waals surface area (Å²) >= 11 is 1.10. The highest BCUT2D eigenvalue weighted by Gasteiger charge is 2.08. The topological polar surface area (TPSA) is 93.0 Å². The van der Waals surface area contributed by atoms with Crippen molar-refractivity contribution in [2.45, 2.75) is 11.7 Å². The molecular formula is C7H12N5O3S. The Morgan fingerprint density at radius 1 is 1.56 bits per heavy atom. The second-order valence-electron chi connectivity index (χ2n) is 3.14. The van der Waals surface area contributed by atoms with E-state index in [1.165, 1.54) is 0 Å². The Morgan fingerprint density at radius 3 is 2.94 bits per heavy atom. The predicted octanol–water partition coefficient (Wildman–Crippen LogP) is -0.149. The van der Waals surface area contributed by atoms with Gasteiger partial charge in [-0.1, -0.05) is 0 Å². The zero-order valence-corrected chi connectivity index (χ0v) is 9.81. The molecule has 0 saturated heterocycles. The molecule has 89 valence electrons. The first-order valence-electron chi connectivity index (χ1n) is 4.47. The van der Waals surface area contributed by atoms with Crippen LogP contribution in [-0.2, 0) is 16.4 Å². The largest absolute Gasteiger partial charge is 0.550 e. The van der Waals surface area contributed by atoms with E-state index in [-0.39, 0.29) is 5.94 Å². The van der Waals surface area contributed by atoms with Gasteiger partial charge in [-0.25, -0.2) is 4.68 Å². The Balaban J connectivity index is 2.40. The summed E-state index contributed by atoms with van der Waals surface area (Å²) in [5.74, 6) is -0.0787. The number of thioether (sulfide) groups is 1. The van der Waals surface area contributed by atoms with Crippen molar-refractivity contribution in [1.29, 1.82) is 0 Å². The summed E-state index contributed by atoms with van der Waals surface area (Å²) in [5, 5.41) is 21.6. The molecule has 1 aromatic heterocycles. The van der Waals surface area contributed by atoms with Crippen LogP contribution >= 0.6 is 11.8 Å². The fourth-order valence-corrected chi connectivity index (χ4v) is 1.50. The first kappa shape index (κ1) is 12.7. The first-order chi connectivity index (χ1) is 7.59.